The molecule has 0 saturated carbocycles. The van der Waals surface area contributed by atoms with Crippen LogP contribution in [0.5, 0.6) is 5.75 Å². The summed E-state index contributed by atoms with van der Waals surface area (Å²) in [6, 6.07) is 15.8. The number of nitrogens with zero attached hydrogens (tertiary/aromatic N) is 2. The Kier molecular flexibility index (Phi) is 6.73. The number of amides is 1. The van der Waals surface area contributed by atoms with Crippen LogP contribution >= 0.6 is 0 Å². The van der Waals surface area contributed by atoms with E-state index in [0.29, 0.717) is 24.2 Å². The van der Waals surface area contributed by atoms with Gasteiger partial charge in [-0.2, -0.15) is 0 Å². The first-order chi connectivity index (χ1) is 14.1. The van der Waals surface area contributed by atoms with Gasteiger partial charge in [-0.1, -0.05) is 36.4 Å². The molecule has 0 aliphatic rings. The van der Waals surface area contributed by atoms with E-state index < -0.39 is 0 Å². The van der Waals surface area contributed by atoms with E-state index in [1.165, 1.54) is 6.07 Å². The number of aryl methyl sites for hydroxylation is 1. The topological polar surface area (TPSA) is 76.1 Å². The second-order valence-corrected chi connectivity index (χ2v) is 6.48. The predicted octanol–water partition coefficient (Wildman–Crippen LogP) is 3.52. The van der Waals surface area contributed by atoms with Crippen molar-refractivity contribution >= 4 is 11.9 Å². The summed E-state index contributed by atoms with van der Waals surface area (Å²) in [6.07, 6.45) is 0.637. The summed E-state index contributed by atoms with van der Waals surface area (Å²) in [5.74, 6) is 0.476. The lowest BCUT2D eigenvalue weighted by atomic mass is 10.1. The Balaban J connectivity index is 1.61. The van der Waals surface area contributed by atoms with Crippen molar-refractivity contribution in [3.63, 3.8) is 0 Å². The summed E-state index contributed by atoms with van der Waals surface area (Å²) < 4.78 is 19.1. The van der Waals surface area contributed by atoms with Crippen LogP contribution in [0.15, 0.2) is 54.6 Å². The molecule has 0 spiro atoms. The lowest BCUT2D eigenvalue weighted by Gasteiger charge is -2.10. The summed E-state index contributed by atoms with van der Waals surface area (Å²) in [7, 11) is 1.62. The number of hydrogen-bond acceptors (Lipinski definition) is 5. The maximum atomic E-state index is 13.8. The predicted molar refractivity (Wildman–Crippen MR) is 110 cm³/mol. The molecule has 7 heteroatoms. The highest BCUT2D eigenvalue weighted by Crippen LogP contribution is 2.17. The quantitative estimate of drug-likeness (QED) is 0.611. The normalized spacial score (nSPS) is 10.4. The third kappa shape index (κ3) is 5.51. The van der Waals surface area contributed by atoms with Crippen molar-refractivity contribution in [2.45, 2.75) is 19.9 Å². The average molecular weight is 394 g/mol. The third-order valence-electron chi connectivity index (χ3n) is 4.35. The number of anilines is 1. The van der Waals surface area contributed by atoms with Gasteiger partial charge in [0.15, 0.2) is 0 Å². The van der Waals surface area contributed by atoms with Gasteiger partial charge in [0.1, 0.15) is 17.3 Å². The Morgan fingerprint density at radius 1 is 1.07 bits per heavy atom. The van der Waals surface area contributed by atoms with E-state index in [4.69, 9.17) is 4.74 Å². The number of halogens is 1. The number of methoxy groups -OCH3 is 1. The number of rotatable bonds is 8. The van der Waals surface area contributed by atoms with Crippen LogP contribution in [-0.2, 0) is 13.0 Å². The van der Waals surface area contributed by atoms with Gasteiger partial charge in [-0.25, -0.2) is 14.4 Å². The smallest absolute Gasteiger partial charge is 0.270 e. The molecule has 0 radical (unpaired) electrons. The number of hydrogen-bond donors (Lipinski definition) is 2. The van der Waals surface area contributed by atoms with Crippen LogP contribution in [0.3, 0.4) is 0 Å². The number of carbonyl (C=O) groups is 1. The van der Waals surface area contributed by atoms with Gasteiger partial charge in [0.2, 0.25) is 5.95 Å². The minimum Gasteiger partial charge on any atom is -0.496 e. The zero-order valence-corrected chi connectivity index (χ0v) is 16.4. The Labute approximate surface area is 169 Å². The molecule has 0 aliphatic heterocycles. The summed E-state index contributed by atoms with van der Waals surface area (Å²) in [5, 5.41) is 5.84. The van der Waals surface area contributed by atoms with Crippen molar-refractivity contribution in [2.24, 2.45) is 0 Å². The minimum atomic E-state index is -0.304. The van der Waals surface area contributed by atoms with Gasteiger partial charge in [0, 0.05) is 24.3 Å². The molecule has 29 heavy (non-hydrogen) atoms. The summed E-state index contributed by atoms with van der Waals surface area (Å²) in [4.78, 5) is 21.0. The van der Waals surface area contributed by atoms with Crippen molar-refractivity contribution in [3.05, 3.63) is 82.9 Å². The van der Waals surface area contributed by atoms with E-state index in [9.17, 15) is 9.18 Å². The molecule has 6 nitrogen and oxygen atoms in total. The molecule has 0 fully saturated rings. The molecule has 0 atom stereocenters. The van der Waals surface area contributed by atoms with E-state index in [1.54, 1.807) is 38.3 Å². The van der Waals surface area contributed by atoms with Crippen molar-refractivity contribution in [2.75, 3.05) is 19.0 Å². The van der Waals surface area contributed by atoms with Crippen LogP contribution in [0.4, 0.5) is 10.3 Å². The van der Waals surface area contributed by atoms with Crippen molar-refractivity contribution < 1.29 is 13.9 Å². The summed E-state index contributed by atoms with van der Waals surface area (Å²) in [6.45, 7) is 2.45. The maximum absolute atomic E-state index is 13.8. The van der Waals surface area contributed by atoms with E-state index in [-0.39, 0.29) is 29.9 Å². The molecule has 1 aromatic heterocycles. The van der Waals surface area contributed by atoms with E-state index >= 15 is 0 Å². The van der Waals surface area contributed by atoms with Gasteiger partial charge in [-0.3, -0.25) is 4.79 Å². The van der Waals surface area contributed by atoms with Crippen molar-refractivity contribution in [1.29, 1.82) is 0 Å². The Morgan fingerprint density at radius 2 is 1.79 bits per heavy atom. The van der Waals surface area contributed by atoms with Crippen LogP contribution in [0.25, 0.3) is 0 Å². The Hall–Kier alpha value is -3.48. The summed E-state index contributed by atoms with van der Waals surface area (Å²) in [5.41, 5.74) is 2.42. The Morgan fingerprint density at radius 3 is 2.55 bits per heavy atom. The van der Waals surface area contributed by atoms with Crippen LogP contribution < -0.4 is 15.4 Å². The van der Waals surface area contributed by atoms with Crippen LogP contribution in [-0.4, -0.2) is 29.5 Å². The first kappa shape index (κ1) is 20.3. The largest absolute Gasteiger partial charge is 0.496 e. The molecule has 1 heterocycles. The Bertz CT molecular complexity index is 994. The van der Waals surface area contributed by atoms with E-state index in [2.05, 4.69) is 20.6 Å². The molecule has 2 aromatic carbocycles. The van der Waals surface area contributed by atoms with Gasteiger partial charge in [-0.15, -0.1) is 0 Å². The van der Waals surface area contributed by atoms with Gasteiger partial charge < -0.3 is 15.4 Å². The first-order valence-electron chi connectivity index (χ1n) is 9.30. The zero-order valence-electron chi connectivity index (χ0n) is 16.4. The average Bonchev–Trinajstić information content (AvgIpc) is 2.73. The molecule has 0 bridgehead atoms. The van der Waals surface area contributed by atoms with E-state index in [1.807, 2.05) is 24.3 Å². The molecule has 3 aromatic rings. The highest BCUT2D eigenvalue weighted by molar-refractivity contribution is 5.92. The first-order valence-corrected chi connectivity index (χ1v) is 9.30. The summed E-state index contributed by atoms with van der Waals surface area (Å²) >= 11 is 0. The fraction of sp³-hybridized carbons (Fsp3) is 0.227. The van der Waals surface area contributed by atoms with E-state index in [0.717, 1.165) is 11.3 Å². The van der Waals surface area contributed by atoms with Crippen LogP contribution in [0.1, 0.15) is 27.3 Å². The van der Waals surface area contributed by atoms with Gasteiger partial charge in [-0.05, 0) is 37.1 Å². The molecule has 0 saturated heterocycles. The molecular formula is C22H23FN4O2. The highest BCUT2D eigenvalue weighted by Gasteiger charge is 2.11. The highest BCUT2D eigenvalue weighted by atomic mass is 19.1. The molecule has 1 amide bonds. The van der Waals surface area contributed by atoms with Crippen LogP contribution in [0.2, 0.25) is 0 Å². The third-order valence-corrected chi connectivity index (χ3v) is 4.35. The lowest BCUT2D eigenvalue weighted by Crippen LogP contribution is -2.27. The SMILES string of the molecule is COc1ccccc1CCNC(=O)c1cc(C)nc(NCc2ccccc2F)n1. The van der Waals surface area contributed by atoms with Gasteiger partial charge >= 0.3 is 0 Å². The molecule has 150 valence electrons. The number of nitrogens with one attached hydrogen (secondary N) is 2. The fourth-order valence-corrected chi connectivity index (χ4v) is 2.89. The van der Waals surface area contributed by atoms with Gasteiger partial charge in [0.05, 0.1) is 7.11 Å². The second-order valence-electron chi connectivity index (χ2n) is 6.48. The molecular weight excluding hydrogens is 371 g/mol. The number of aromatic nitrogens is 2. The monoisotopic (exact) mass is 394 g/mol. The van der Waals surface area contributed by atoms with Crippen LogP contribution in [0, 0.1) is 12.7 Å². The number of carbonyl (C=O) groups excluding carboxylic acids is 1. The maximum Gasteiger partial charge on any atom is 0.270 e. The fourth-order valence-electron chi connectivity index (χ4n) is 2.89. The standard InChI is InChI=1S/C22H23FN4O2/c1-15-13-19(21(28)24-12-11-16-7-4-6-10-20(16)29-2)27-22(26-15)25-14-17-8-3-5-9-18(17)23/h3-10,13H,11-12,14H2,1-2H3,(H,24,28)(H,25,26,27). The zero-order chi connectivity index (χ0) is 20.6. The van der Waals surface area contributed by atoms with Gasteiger partial charge in [0.25, 0.3) is 5.91 Å². The molecule has 0 unspecified atom stereocenters. The molecule has 2 N–H and O–H groups in total. The number of ether oxygens (including phenoxy) is 1. The molecule has 3 rings (SSSR count). The lowest BCUT2D eigenvalue weighted by molar-refractivity contribution is 0.0949. The molecule has 0 aliphatic carbocycles. The number of benzene rings is 2. The minimum absolute atomic E-state index is 0.227. The van der Waals surface area contributed by atoms with Crippen molar-refractivity contribution in [3.8, 4) is 5.75 Å². The second kappa shape index (κ2) is 9.64. The number of para-hydroxylation sites is 1. The van der Waals surface area contributed by atoms with Crippen molar-refractivity contribution in [1.82, 2.24) is 15.3 Å².